The number of esters is 1. The standard InChI is InChI=1S/C43H52N2O4/c1-27(2)28(3)16-17-29(4)34-18-19-35-40(34,5)22-21-36-41(6)23-20-31(49-39(48)30-12-8-7-9-13-30)26-42(41)24-25-43(35,36)45-38(47)33-15-11-10-14-32(33)37(46)44(42)45/h7-17,24-25,27-29,31,34-36H,18-23,26H2,1-6H3/b17-16+/t28?,29-,31+,34-,35?,36?,40-,41-,42-,43+/m1/s1. The molecule has 49 heavy (non-hydrogen) atoms. The van der Waals surface area contributed by atoms with E-state index in [9.17, 15) is 9.59 Å². The molecule has 4 aliphatic carbocycles. The average Bonchev–Trinajstić information content (AvgIpc) is 3.47. The van der Waals surface area contributed by atoms with E-state index in [1.807, 2.05) is 45.8 Å². The minimum absolute atomic E-state index is 0.0216. The zero-order chi connectivity index (χ0) is 34.5. The lowest BCUT2D eigenvalue weighted by molar-refractivity contribution is -0.201. The van der Waals surface area contributed by atoms with Crippen molar-refractivity contribution in [2.45, 2.75) is 104 Å². The summed E-state index contributed by atoms with van der Waals surface area (Å²) >= 11 is 0. The van der Waals surface area contributed by atoms with Crippen molar-refractivity contribution >= 4 is 16.7 Å². The Balaban J connectivity index is 1.28. The fourth-order valence-electron chi connectivity index (χ4n) is 11.9. The van der Waals surface area contributed by atoms with Crippen LogP contribution in [0.4, 0.5) is 0 Å². The highest BCUT2D eigenvalue weighted by molar-refractivity contribution is 5.89. The Bertz CT molecular complexity index is 1990. The fraction of sp³-hybridized carbons (Fsp3) is 0.558. The SMILES string of the molecule is CC(C)C(C)/C=C/[C@@H](C)[C@H]1CCC2[C@@]34C=C[C@]5(C[C@@H](OC(=O)c6ccccc6)CC[C@]5(C)C3CC[C@@]21C)n1c(=O)c2ccccc2c(=O)n14. The van der Waals surface area contributed by atoms with Crippen molar-refractivity contribution in [1.29, 1.82) is 0 Å². The number of allylic oxidation sites excluding steroid dienone is 4. The average molecular weight is 661 g/mol. The molecule has 6 aliphatic rings. The van der Waals surface area contributed by atoms with Crippen LogP contribution in [-0.2, 0) is 15.8 Å². The molecule has 0 radical (unpaired) electrons. The van der Waals surface area contributed by atoms with Crippen molar-refractivity contribution in [3.05, 3.63) is 105 Å². The van der Waals surface area contributed by atoms with Crippen molar-refractivity contribution < 1.29 is 9.53 Å². The Morgan fingerprint density at radius 2 is 1.47 bits per heavy atom. The van der Waals surface area contributed by atoms with E-state index in [0.717, 1.165) is 38.5 Å². The van der Waals surface area contributed by atoms with Crippen molar-refractivity contribution in [3.63, 3.8) is 0 Å². The van der Waals surface area contributed by atoms with Gasteiger partial charge in [0.15, 0.2) is 0 Å². The Hall–Kier alpha value is -3.67. The lowest BCUT2D eigenvalue weighted by Gasteiger charge is -2.72. The largest absolute Gasteiger partial charge is 0.459 e. The van der Waals surface area contributed by atoms with Gasteiger partial charge >= 0.3 is 5.97 Å². The molecular weight excluding hydrogens is 608 g/mol. The maximum absolute atomic E-state index is 15.0. The molecule has 2 aliphatic heterocycles. The number of hydrogen-bond donors (Lipinski definition) is 0. The number of aromatic nitrogens is 2. The van der Waals surface area contributed by atoms with Gasteiger partial charge in [-0.15, -0.1) is 0 Å². The number of carbonyl (C=O) groups is 1. The van der Waals surface area contributed by atoms with Gasteiger partial charge in [0, 0.05) is 11.8 Å². The van der Waals surface area contributed by atoms with Crippen LogP contribution in [-0.4, -0.2) is 21.4 Å². The summed E-state index contributed by atoms with van der Waals surface area (Å²) in [6, 6.07) is 16.5. The molecule has 9 rings (SSSR count). The summed E-state index contributed by atoms with van der Waals surface area (Å²) in [7, 11) is 0. The third-order valence-corrected chi connectivity index (χ3v) is 14.8. The topological polar surface area (TPSA) is 70.3 Å². The summed E-state index contributed by atoms with van der Waals surface area (Å²) in [6.07, 6.45) is 15.5. The highest BCUT2D eigenvalue weighted by atomic mass is 16.5. The zero-order valence-corrected chi connectivity index (χ0v) is 30.0. The van der Waals surface area contributed by atoms with Crippen molar-refractivity contribution in [2.75, 3.05) is 0 Å². The molecule has 2 aromatic carbocycles. The van der Waals surface area contributed by atoms with Crippen LogP contribution in [0.5, 0.6) is 0 Å². The highest BCUT2D eigenvalue weighted by Gasteiger charge is 2.74. The van der Waals surface area contributed by atoms with Crippen LogP contribution in [0.2, 0.25) is 0 Å². The minimum atomic E-state index is -0.783. The number of benzene rings is 2. The lowest BCUT2D eigenvalue weighted by atomic mass is 9.40. The first-order valence-electron chi connectivity index (χ1n) is 18.8. The first-order valence-corrected chi connectivity index (χ1v) is 18.8. The molecular formula is C43H52N2O4. The number of ether oxygens (including phenoxy) is 1. The molecule has 2 spiro atoms. The molecule has 6 heteroatoms. The first-order chi connectivity index (χ1) is 23.4. The molecule has 258 valence electrons. The van der Waals surface area contributed by atoms with E-state index >= 15 is 4.79 Å². The van der Waals surface area contributed by atoms with Gasteiger partial charge in [0.2, 0.25) is 0 Å². The second-order valence-electron chi connectivity index (χ2n) is 17.2. The summed E-state index contributed by atoms with van der Waals surface area (Å²) in [5.41, 5.74) is -1.29. The minimum Gasteiger partial charge on any atom is -0.459 e. The number of fused-ring (bicyclic) bond motifs is 2. The molecule has 1 aromatic heterocycles. The monoisotopic (exact) mass is 660 g/mol. The third-order valence-electron chi connectivity index (χ3n) is 14.8. The Labute approximate surface area is 290 Å². The van der Waals surface area contributed by atoms with Gasteiger partial charge in [0.25, 0.3) is 11.1 Å². The summed E-state index contributed by atoms with van der Waals surface area (Å²) in [6.45, 7) is 14.2. The van der Waals surface area contributed by atoms with Crippen LogP contribution in [0.3, 0.4) is 0 Å². The predicted octanol–water partition coefficient (Wildman–Crippen LogP) is 8.48. The van der Waals surface area contributed by atoms with Crippen LogP contribution < -0.4 is 11.1 Å². The van der Waals surface area contributed by atoms with Crippen LogP contribution in [0.15, 0.2) is 88.5 Å². The molecule has 10 atom stereocenters. The normalized spacial score (nSPS) is 37.0. The smallest absolute Gasteiger partial charge is 0.338 e. The van der Waals surface area contributed by atoms with E-state index in [0.29, 0.717) is 46.4 Å². The Morgan fingerprint density at radius 3 is 2.16 bits per heavy atom. The van der Waals surface area contributed by atoms with Gasteiger partial charge in [-0.3, -0.25) is 9.59 Å². The van der Waals surface area contributed by atoms with E-state index < -0.39 is 11.1 Å². The van der Waals surface area contributed by atoms with Crippen LogP contribution in [0, 0.1) is 46.3 Å². The molecule has 6 nitrogen and oxygen atoms in total. The second-order valence-corrected chi connectivity index (χ2v) is 17.2. The van der Waals surface area contributed by atoms with E-state index in [-0.39, 0.29) is 45.9 Å². The summed E-state index contributed by atoms with van der Waals surface area (Å²) in [5, 5.41) is 0.971. The van der Waals surface area contributed by atoms with Crippen LogP contribution in [0.1, 0.15) is 96.8 Å². The summed E-state index contributed by atoms with van der Waals surface area (Å²) in [5.74, 6) is 2.15. The van der Waals surface area contributed by atoms with Gasteiger partial charge in [-0.05, 0) is 104 Å². The molecule has 0 saturated heterocycles. The van der Waals surface area contributed by atoms with Crippen molar-refractivity contribution in [2.24, 2.45) is 46.3 Å². The number of rotatable bonds is 6. The van der Waals surface area contributed by atoms with E-state index in [1.54, 1.807) is 18.2 Å². The molecule has 0 N–H and O–H groups in total. The maximum atomic E-state index is 15.0. The van der Waals surface area contributed by atoms with E-state index in [2.05, 4.69) is 65.8 Å². The van der Waals surface area contributed by atoms with Crippen LogP contribution >= 0.6 is 0 Å². The quantitative estimate of drug-likeness (QED) is 0.197. The van der Waals surface area contributed by atoms with E-state index in [4.69, 9.17) is 4.74 Å². The van der Waals surface area contributed by atoms with Gasteiger partial charge in [0.1, 0.15) is 6.10 Å². The third kappa shape index (κ3) is 4.27. The van der Waals surface area contributed by atoms with Gasteiger partial charge in [-0.1, -0.05) is 96.2 Å². The lowest BCUT2D eigenvalue weighted by Crippen LogP contribution is -2.78. The van der Waals surface area contributed by atoms with Crippen molar-refractivity contribution in [1.82, 2.24) is 9.36 Å². The second kappa shape index (κ2) is 11.2. The maximum Gasteiger partial charge on any atom is 0.338 e. The molecule has 0 amide bonds. The highest BCUT2D eigenvalue weighted by Crippen LogP contribution is 2.74. The van der Waals surface area contributed by atoms with Gasteiger partial charge < -0.3 is 4.74 Å². The molecule has 3 unspecified atom stereocenters. The zero-order valence-electron chi connectivity index (χ0n) is 30.0. The molecule has 3 saturated carbocycles. The molecule has 2 bridgehead atoms. The number of carbonyl (C=O) groups excluding carboxylic acids is 1. The molecule has 3 aromatic rings. The first kappa shape index (κ1) is 32.5. The van der Waals surface area contributed by atoms with Gasteiger partial charge in [-0.25, -0.2) is 14.2 Å². The van der Waals surface area contributed by atoms with E-state index in [1.165, 1.54) is 0 Å². The summed E-state index contributed by atoms with van der Waals surface area (Å²) in [4.78, 5) is 43.3. The fourth-order valence-corrected chi connectivity index (χ4v) is 11.9. The summed E-state index contributed by atoms with van der Waals surface area (Å²) < 4.78 is 10.1. The molecule has 3 heterocycles. The van der Waals surface area contributed by atoms with Gasteiger partial charge in [0.05, 0.1) is 27.4 Å². The van der Waals surface area contributed by atoms with Crippen LogP contribution in [0.25, 0.3) is 10.8 Å². The number of hydrogen-bond acceptors (Lipinski definition) is 4. The predicted molar refractivity (Wildman–Crippen MR) is 195 cm³/mol. The Morgan fingerprint density at radius 1 is 0.796 bits per heavy atom. The van der Waals surface area contributed by atoms with Crippen molar-refractivity contribution in [3.8, 4) is 0 Å². The molecule has 3 fully saturated rings. The number of nitrogens with zero attached hydrogens (tertiary/aromatic N) is 2. The Kier molecular flexibility index (Phi) is 7.41. The van der Waals surface area contributed by atoms with Gasteiger partial charge in [-0.2, -0.15) is 0 Å².